The molecule has 0 aliphatic rings. The lowest BCUT2D eigenvalue weighted by atomic mass is 10.8. The molecule has 0 bridgehead atoms. The van der Waals surface area contributed by atoms with Crippen LogP contribution in [0.4, 0.5) is 0 Å². The Bertz CT molecular complexity index is 155. The van der Waals surface area contributed by atoms with Crippen LogP contribution in [-0.4, -0.2) is 13.2 Å². The average molecular weight is 178 g/mol. The van der Waals surface area contributed by atoms with E-state index in [9.17, 15) is 4.57 Å². The topological polar surface area (TPSA) is 35.5 Å². The summed E-state index contributed by atoms with van der Waals surface area (Å²) < 4.78 is 21.4. The first-order valence-electron chi connectivity index (χ1n) is 3.71. The van der Waals surface area contributed by atoms with Crippen molar-refractivity contribution in [2.45, 2.75) is 20.8 Å². The predicted octanol–water partition coefficient (Wildman–Crippen LogP) is 2.79. The minimum absolute atomic E-state index is 0.404. The molecule has 0 atom stereocenters. The van der Waals surface area contributed by atoms with Crippen molar-refractivity contribution in [1.29, 1.82) is 0 Å². The molecule has 11 heavy (non-hydrogen) atoms. The molecular formula is C7H15O3P. The monoisotopic (exact) mass is 178 g/mol. The number of hydrogen-bond acceptors (Lipinski definition) is 3. The van der Waals surface area contributed by atoms with Gasteiger partial charge in [0.2, 0.25) is 0 Å². The third-order valence-electron chi connectivity index (χ3n) is 0.950. The van der Waals surface area contributed by atoms with E-state index in [2.05, 4.69) is 0 Å². The van der Waals surface area contributed by atoms with Crippen LogP contribution in [0.15, 0.2) is 11.9 Å². The molecule has 0 saturated heterocycles. The lowest BCUT2D eigenvalue weighted by Gasteiger charge is -2.11. The van der Waals surface area contributed by atoms with Gasteiger partial charge in [0.05, 0.1) is 13.2 Å². The molecule has 0 radical (unpaired) electrons. The van der Waals surface area contributed by atoms with E-state index in [0.29, 0.717) is 13.2 Å². The summed E-state index contributed by atoms with van der Waals surface area (Å²) in [4.78, 5) is 0. The van der Waals surface area contributed by atoms with Crippen molar-refractivity contribution in [1.82, 2.24) is 0 Å². The Hall–Kier alpha value is -0.110. The van der Waals surface area contributed by atoms with Gasteiger partial charge in [-0.15, -0.1) is 0 Å². The third kappa shape index (κ3) is 4.35. The highest BCUT2D eigenvalue weighted by Crippen LogP contribution is 2.49. The summed E-state index contributed by atoms with van der Waals surface area (Å²) >= 11 is 0. The Balaban J connectivity index is 4.14. The first-order chi connectivity index (χ1) is 5.18. The molecule has 0 amide bonds. The van der Waals surface area contributed by atoms with Crippen LogP contribution in [0.25, 0.3) is 0 Å². The van der Waals surface area contributed by atoms with Gasteiger partial charge in [-0.1, -0.05) is 6.08 Å². The quantitative estimate of drug-likeness (QED) is 0.607. The zero-order valence-corrected chi connectivity index (χ0v) is 8.14. The summed E-state index contributed by atoms with van der Waals surface area (Å²) in [6.45, 7) is 6.16. The molecular weight excluding hydrogens is 163 g/mol. The van der Waals surface area contributed by atoms with E-state index in [1.54, 1.807) is 26.8 Å². The summed E-state index contributed by atoms with van der Waals surface area (Å²) in [7, 11) is -2.90. The Morgan fingerprint density at radius 2 is 1.73 bits per heavy atom. The first-order valence-corrected chi connectivity index (χ1v) is 5.32. The molecule has 0 unspecified atom stereocenters. The van der Waals surface area contributed by atoms with Crippen LogP contribution in [0.5, 0.6) is 0 Å². The highest BCUT2D eigenvalue weighted by Gasteiger charge is 2.17. The maximum absolute atomic E-state index is 11.5. The minimum Gasteiger partial charge on any atom is -0.306 e. The SMILES string of the molecule is C/C=C/P(=O)(OCC)OCC. The van der Waals surface area contributed by atoms with Gasteiger partial charge in [0.1, 0.15) is 0 Å². The maximum Gasteiger partial charge on any atom is 0.353 e. The number of rotatable bonds is 5. The fourth-order valence-corrected chi connectivity index (χ4v) is 2.00. The minimum atomic E-state index is -2.90. The van der Waals surface area contributed by atoms with Gasteiger partial charge < -0.3 is 9.05 Å². The fourth-order valence-electron chi connectivity index (χ4n) is 0.666. The molecule has 0 saturated carbocycles. The van der Waals surface area contributed by atoms with Crippen LogP contribution in [-0.2, 0) is 13.6 Å². The van der Waals surface area contributed by atoms with Crippen molar-refractivity contribution < 1.29 is 13.6 Å². The van der Waals surface area contributed by atoms with Crippen molar-refractivity contribution in [2.75, 3.05) is 13.2 Å². The zero-order chi connectivity index (χ0) is 8.74. The van der Waals surface area contributed by atoms with Crippen LogP contribution < -0.4 is 0 Å². The normalized spacial score (nSPS) is 12.6. The Kier molecular flexibility index (Phi) is 5.47. The number of hydrogen-bond donors (Lipinski definition) is 0. The lowest BCUT2D eigenvalue weighted by Crippen LogP contribution is -1.92. The molecule has 0 spiro atoms. The molecule has 3 nitrogen and oxygen atoms in total. The Morgan fingerprint density at radius 1 is 1.27 bits per heavy atom. The summed E-state index contributed by atoms with van der Waals surface area (Å²) in [5.41, 5.74) is 0. The molecule has 0 rings (SSSR count). The lowest BCUT2D eigenvalue weighted by molar-refractivity contribution is 0.229. The largest absolute Gasteiger partial charge is 0.353 e. The van der Waals surface area contributed by atoms with Gasteiger partial charge in [0.25, 0.3) is 0 Å². The predicted molar refractivity (Wildman–Crippen MR) is 45.7 cm³/mol. The van der Waals surface area contributed by atoms with Crippen LogP contribution in [0.1, 0.15) is 20.8 Å². The molecule has 0 aliphatic carbocycles. The van der Waals surface area contributed by atoms with E-state index in [1.807, 2.05) is 0 Å². The molecule has 0 heterocycles. The second-order valence-electron chi connectivity index (χ2n) is 1.86. The molecule has 0 aromatic rings. The van der Waals surface area contributed by atoms with Gasteiger partial charge in [-0.05, 0) is 20.8 Å². The third-order valence-corrected chi connectivity index (χ3v) is 2.85. The number of allylic oxidation sites excluding steroid dienone is 1. The first kappa shape index (κ1) is 10.9. The molecule has 4 heteroatoms. The van der Waals surface area contributed by atoms with Gasteiger partial charge in [0, 0.05) is 5.82 Å². The smallest absolute Gasteiger partial charge is 0.306 e. The molecule has 0 aromatic heterocycles. The van der Waals surface area contributed by atoms with Gasteiger partial charge in [0.15, 0.2) is 0 Å². The second-order valence-corrected chi connectivity index (χ2v) is 3.75. The van der Waals surface area contributed by atoms with Crippen LogP contribution in [0.3, 0.4) is 0 Å². The summed E-state index contributed by atoms with van der Waals surface area (Å²) in [5, 5.41) is 0. The van der Waals surface area contributed by atoms with Gasteiger partial charge >= 0.3 is 7.60 Å². The Morgan fingerprint density at radius 3 is 2.00 bits per heavy atom. The van der Waals surface area contributed by atoms with E-state index in [1.165, 1.54) is 5.82 Å². The van der Waals surface area contributed by atoms with Crippen molar-refractivity contribution in [2.24, 2.45) is 0 Å². The van der Waals surface area contributed by atoms with E-state index in [4.69, 9.17) is 9.05 Å². The molecule has 66 valence electrons. The standard InChI is InChI=1S/C7H15O3P/c1-4-7-11(8,9-5-2)10-6-3/h4,7H,5-6H2,1-3H3/b7-4+. The fraction of sp³-hybridized carbons (Fsp3) is 0.714. The van der Waals surface area contributed by atoms with Crippen molar-refractivity contribution in [3.8, 4) is 0 Å². The second kappa shape index (κ2) is 5.53. The molecule has 0 aliphatic heterocycles. The van der Waals surface area contributed by atoms with Crippen LogP contribution in [0.2, 0.25) is 0 Å². The summed E-state index contributed by atoms with van der Waals surface area (Å²) in [5.74, 6) is 1.47. The van der Waals surface area contributed by atoms with Gasteiger partial charge in [-0.3, -0.25) is 4.57 Å². The highest BCUT2D eigenvalue weighted by molar-refractivity contribution is 7.57. The average Bonchev–Trinajstić information content (AvgIpc) is 1.88. The molecule has 0 N–H and O–H groups in total. The summed E-state index contributed by atoms with van der Waals surface area (Å²) in [6, 6.07) is 0. The molecule has 0 fully saturated rings. The van der Waals surface area contributed by atoms with Crippen molar-refractivity contribution in [3.05, 3.63) is 11.9 Å². The maximum atomic E-state index is 11.5. The van der Waals surface area contributed by atoms with Crippen LogP contribution >= 0.6 is 7.60 Å². The van der Waals surface area contributed by atoms with Gasteiger partial charge in [-0.25, -0.2) is 0 Å². The van der Waals surface area contributed by atoms with Gasteiger partial charge in [-0.2, -0.15) is 0 Å². The van der Waals surface area contributed by atoms with E-state index in [0.717, 1.165) is 0 Å². The van der Waals surface area contributed by atoms with E-state index >= 15 is 0 Å². The van der Waals surface area contributed by atoms with Crippen LogP contribution in [0, 0.1) is 0 Å². The molecule has 0 aromatic carbocycles. The van der Waals surface area contributed by atoms with E-state index in [-0.39, 0.29) is 0 Å². The zero-order valence-electron chi connectivity index (χ0n) is 7.24. The highest BCUT2D eigenvalue weighted by atomic mass is 31.2. The Labute approximate surface area is 67.9 Å². The van der Waals surface area contributed by atoms with E-state index < -0.39 is 7.60 Å². The summed E-state index contributed by atoms with van der Waals surface area (Å²) in [6.07, 6.45) is 1.67. The van der Waals surface area contributed by atoms with Crippen molar-refractivity contribution in [3.63, 3.8) is 0 Å². The van der Waals surface area contributed by atoms with Crippen molar-refractivity contribution >= 4 is 7.60 Å².